The summed E-state index contributed by atoms with van der Waals surface area (Å²) in [4.78, 5) is 14.4. The van der Waals surface area contributed by atoms with Crippen molar-refractivity contribution in [3.05, 3.63) is 23.3 Å². The molecule has 1 aliphatic heterocycles. The lowest BCUT2D eigenvalue weighted by atomic mass is 10.1. The minimum atomic E-state index is 0.117. The minimum Gasteiger partial charge on any atom is -0.324 e. The summed E-state index contributed by atoms with van der Waals surface area (Å²) in [6.07, 6.45) is 7.69. The Morgan fingerprint density at radius 1 is 1.19 bits per heavy atom. The van der Waals surface area contributed by atoms with E-state index in [1.54, 1.807) is 0 Å². The molecule has 1 aromatic rings. The molecule has 1 aliphatic carbocycles. The van der Waals surface area contributed by atoms with Gasteiger partial charge in [0, 0.05) is 30.0 Å². The Hall–Kier alpha value is -1.04. The Bertz CT molecular complexity index is 490. The van der Waals surface area contributed by atoms with Crippen molar-refractivity contribution in [2.45, 2.75) is 44.2 Å². The number of aromatic nitrogens is 2. The molecule has 0 spiro atoms. The number of nitrogens with two attached hydrogens (primary N) is 1. The quantitative estimate of drug-likeness (QED) is 0.794. The highest BCUT2D eigenvalue weighted by Gasteiger charge is 2.26. The Kier molecular flexibility index (Phi) is 4.52. The first-order valence-electron chi connectivity index (χ1n) is 8.15. The molecule has 0 saturated carbocycles. The van der Waals surface area contributed by atoms with E-state index < -0.39 is 0 Å². The monoisotopic (exact) mass is 289 g/mol. The van der Waals surface area contributed by atoms with Crippen LogP contribution >= 0.6 is 0 Å². The summed E-state index contributed by atoms with van der Waals surface area (Å²) >= 11 is 0. The molecule has 116 valence electrons. The first kappa shape index (κ1) is 14.9. The topological polar surface area (TPSA) is 58.3 Å². The first-order chi connectivity index (χ1) is 10.1. The van der Waals surface area contributed by atoms with Crippen LogP contribution in [-0.2, 0) is 6.42 Å². The number of hydrogen-bond donors (Lipinski definition) is 1. The van der Waals surface area contributed by atoms with Crippen LogP contribution in [0.1, 0.15) is 54.8 Å². The maximum absolute atomic E-state index is 6.25. The van der Waals surface area contributed by atoms with Crippen molar-refractivity contribution in [3.8, 4) is 0 Å². The summed E-state index contributed by atoms with van der Waals surface area (Å²) in [7, 11) is 4.37. The van der Waals surface area contributed by atoms with Gasteiger partial charge in [0.15, 0.2) is 0 Å². The molecule has 0 aromatic carbocycles. The Balaban J connectivity index is 1.89. The second kappa shape index (κ2) is 6.38. The van der Waals surface area contributed by atoms with Crippen LogP contribution in [0, 0.1) is 0 Å². The molecule has 3 rings (SSSR count). The second-order valence-electron chi connectivity index (χ2n) is 6.59. The van der Waals surface area contributed by atoms with Gasteiger partial charge in [0.2, 0.25) is 0 Å². The SMILES string of the molecule is CN1CCCN(C)C(c2ncc3c(n2)CCCCC3N)C1. The van der Waals surface area contributed by atoms with Crippen LogP contribution < -0.4 is 5.73 Å². The van der Waals surface area contributed by atoms with E-state index in [-0.39, 0.29) is 6.04 Å². The van der Waals surface area contributed by atoms with Crippen LogP contribution in [-0.4, -0.2) is 53.5 Å². The standard InChI is InChI=1S/C16H27N5/c1-20-8-5-9-21(2)15(11-20)16-18-10-12-13(17)6-3-4-7-14(12)19-16/h10,13,15H,3-9,11,17H2,1-2H3. The molecule has 2 heterocycles. The highest BCUT2D eigenvalue weighted by atomic mass is 15.2. The highest BCUT2D eigenvalue weighted by Crippen LogP contribution is 2.27. The van der Waals surface area contributed by atoms with Gasteiger partial charge in [-0.3, -0.25) is 4.90 Å². The fraction of sp³-hybridized carbons (Fsp3) is 0.750. The van der Waals surface area contributed by atoms with E-state index in [0.29, 0.717) is 6.04 Å². The highest BCUT2D eigenvalue weighted by molar-refractivity contribution is 5.23. The zero-order valence-corrected chi connectivity index (χ0v) is 13.3. The summed E-state index contributed by atoms with van der Waals surface area (Å²) in [5.41, 5.74) is 8.60. The Labute approximate surface area is 127 Å². The van der Waals surface area contributed by atoms with Gasteiger partial charge in [-0.05, 0) is 52.9 Å². The molecule has 1 fully saturated rings. The van der Waals surface area contributed by atoms with Crippen molar-refractivity contribution in [3.63, 3.8) is 0 Å². The van der Waals surface area contributed by atoms with E-state index in [1.807, 2.05) is 6.20 Å². The van der Waals surface area contributed by atoms with Crippen molar-refractivity contribution in [2.75, 3.05) is 33.7 Å². The van der Waals surface area contributed by atoms with E-state index >= 15 is 0 Å². The van der Waals surface area contributed by atoms with Gasteiger partial charge in [-0.1, -0.05) is 6.42 Å². The zero-order valence-electron chi connectivity index (χ0n) is 13.3. The van der Waals surface area contributed by atoms with E-state index in [9.17, 15) is 0 Å². The second-order valence-corrected chi connectivity index (χ2v) is 6.59. The number of nitrogens with zero attached hydrogens (tertiary/aromatic N) is 4. The number of likely N-dealkylation sites (N-methyl/N-ethyl adjacent to an activating group) is 2. The van der Waals surface area contributed by atoms with Crippen molar-refractivity contribution < 1.29 is 0 Å². The average Bonchev–Trinajstić information content (AvgIpc) is 2.75. The van der Waals surface area contributed by atoms with Gasteiger partial charge >= 0.3 is 0 Å². The molecular weight excluding hydrogens is 262 g/mol. The Morgan fingerprint density at radius 3 is 2.90 bits per heavy atom. The zero-order chi connectivity index (χ0) is 14.8. The van der Waals surface area contributed by atoms with Crippen molar-refractivity contribution in [1.29, 1.82) is 0 Å². The molecule has 2 unspecified atom stereocenters. The number of aryl methyl sites for hydroxylation is 1. The van der Waals surface area contributed by atoms with E-state index in [0.717, 1.165) is 38.3 Å². The third kappa shape index (κ3) is 3.25. The summed E-state index contributed by atoms with van der Waals surface area (Å²) < 4.78 is 0. The molecule has 2 aliphatic rings. The third-order valence-electron chi connectivity index (χ3n) is 4.86. The molecule has 0 amide bonds. The smallest absolute Gasteiger partial charge is 0.146 e. The molecular formula is C16H27N5. The maximum atomic E-state index is 6.25. The lowest BCUT2D eigenvalue weighted by molar-refractivity contribution is 0.219. The number of hydrogen-bond acceptors (Lipinski definition) is 5. The van der Waals surface area contributed by atoms with Crippen LogP contribution in [0.2, 0.25) is 0 Å². The van der Waals surface area contributed by atoms with Crippen LogP contribution in [0.3, 0.4) is 0 Å². The number of rotatable bonds is 1. The lowest BCUT2D eigenvalue weighted by Gasteiger charge is -2.26. The largest absolute Gasteiger partial charge is 0.324 e. The van der Waals surface area contributed by atoms with Gasteiger partial charge < -0.3 is 10.6 Å². The molecule has 1 aromatic heterocycles. The van der Waals surface area contributed by atoms with Gasteiger partial charge in [-0.15, -0.1) is 0 Å². The summed E-state index contributed by atoms with van der Waals surface area (Å²) in [6, 6.07) is 0.411. The summed E-state index contributed by atoms with van der Waals surface area (Å²) in [5.74, 6) is 0.971. The Morgan fingerprint density at radius 2 is 2.05 bits per heavy atom. The lowest BCUT2D eigenvalue weighted by Crippen LogP contribution is -2.32. The van der Waals surface area contributed by atoms with Crippen LogP contribution in [0.4, 0.5) is 0 Å². The van der Waals surface area contributed by atoms with Gasteiger partial charge in [-0.2, -0.15) is 0 Å². The van der Waals surface area contributed by atoms with Crippen LogP contribution in [0.25, 0.3) is 0 Å². The molecule has 21 heavy (non-hydrogen) atoms. The molecule has 0 bridgehead atoms. The summed E-state index contributed by atoms with van der Waals surface area (Å²) in [5, 5.41) is 0. The first-order valence-corrected chi connectivity index (χ1v) is 8.15. The van der Waals surface area contributed by atoms with Crippen LogP contribution in [0.15, 0.2) is 6.20 Å². The van der Waals surface area contributed by atoms with Gasteiger partial charge in [0.05, 0.1) is 6.04 Å². The summed E-state index contributed by atoms with van der Waals surface area (Å²) in [6.45, 7) is 3.26. The van der Waals surface area contributed by atoms with E-state index in [2.05, 4.69) is 28.9 Å². The van der Waals surface area contributed by atoms with Gasteiger partial charge in [0.1, 0.15) is 5.82 Å². The van der Waals surface area contributed by atoms with Crippen molar-refractivity contribution >= 4 is 0 Å². The maximum Gasteiger partial charge on any atom is 0.146 e. The molecule has 2 atom stereocenters. The molecule has 5 heteroatoms. The molecule has 2 N–H and O–H groups in total. The predicted octanol–water partition coefficient (Wildman–Crippen LogP) is 1.51. The fourth-order valence-corrected chi connectivity index (χ4v) is 3.48. The predicted molar refractivity (Wildman–Crippen MR) is 84.0 cm³/mol. The van der Waals surface area contributed by atoms with Gasteiger partial charge in [0.25, 0.3) is 0 Å². The minimum absolute atomic E-state index is 0.117. The van der Waals surface area contributed by atoms with Crippen LogP contribution in [0.5, 0.6) is 0 Å². The number of fused-ring (bicyclic) bond motifs is 1. The molecule has 1 saturated heterocycles. The van der Waals surface area contributed by atoms with Gasteiger partial charge in [-0.25, -0.2) is 9.97 Å². The van der Waals surface area contributed by atoms with E-state index in [1.165, 1.54) is 30.5 Å². The average molecular weight is 289 g/mol. The van der Waals surface area contributed by atoms with E-state index in [4.69, 9.17) is 10.7 Å². The fourth-order valence-electron chi connectivity index (χ4n) is 3.48. The molecule has 0 radical (unpaired) electrons. The van der Waals surface area contributed by atoms with Crippen molar-refractivity contribution in [1.82, 2.24) is 19.8 Å². The van der Waals surface area contributed by atoms with Crippen molar-refractivity contribution in [2.24, 2.45) is 5.73 Å². The normalized spacial score (nSPS) is 28.7. The molecule has 5 nitrogen and oxygen atoms in total. The third-order valence-corrected chi connectivity index (χ3v) is 4.86.